The third kappa shape index (κ3) is 2.34. The van der Waals surface area contributed by atoms with Gasteiger partial charge in [0.05, 0.1) is 5.41 Å². The topological polar surface area (TPSA) is 40.6 Å². The fourth-order valence-corrected chi connectivity index (χ4v) is 4.75. The summed E-state index contributed by atoms with van der Waals surface area (Å²) in [4.78, 5) is 29.6. The van der Waals surface area contributed by atoms with Gasteiger partial charge in [-0.05, 0) is 43.4 Å². The van der Waals surface area contributed by atoms with E-state index in [0.717, 1.165) is 37.7 Å². The Morgan fingerprint density at radius 1 is 1.17 bits per heavy atom. The quantitative estimate of drug-likeness (QED) is 0.826. The monoisotopic (exact) mass is 346 g/mol. The Balaban J connectivity index is 1.66. The molecule has 1 saturated carbocycles. The predicted molar refractivity (Wildman–Crippen MR) is 92.9 cm³/mol. The van der Waals surface area contributed by atoms with Crippen molar-refractivity contribution in [3.05, 3.63) is 34.9 Å². The van der Waals surface area contributed by atoms with Crippen molar-refractivity contribution in [3.8, 4) is 0 Å². The molecule has 1 aromatic carbocycles. The molecular formula is C19H23ClN2O2. The molecule has 0 N–H and O–H groups in total. The number of likely N-dealkylation sites (tertiary alicyclic amines) is 1. The summed E-state index contributed by atoms with van der Waals surface area (Å²) in [7, 11) is 1.85. The van der Waals surface area contributed by atoms with Gasteiger partial charge in [0.1, 0.15) is 0 Å². The molecule has 3 aliphatic rings. The van der Waals surface area contributed by atoms with Gasteiger partial charge in [0.15, 0.2) is 0 Å². The summed E-state index contributed by atoms with van der Waals surface area (Å²) in [6, 6.07) is 7.98. The first-order chi connectivity index (χ1) is 11.5. The van der Waals surface area contributed by atoms with Gasteiger partial charge in [0.2, 0.25) is 11.8 Å². The second kappa shape index (κ2) is 5.76. The normalized spacial score (nSPS) is 28.5. The summed E-state index contributed by atoms with van der Waals surface area (Å²) >= 11 is 6.02. The molecular weight excluding hydrogens is 324 g/mol. The van der Waals surface area contributed by atoms with Gasteiger partial charge in [-0.3, -0.25) is 9.59 Å². The van der Waals surface area contributed by atoms with Crippen LogP contribution in [-0.2, 0) is 15.0 Å². The zero-order chi connectivity index (χ0) is 16.9. The molecule has 0 radical (unpaired) electrons. The van der Waals surface area contributed by atoms with E-state index in [1.165, 1.54) is 0 Å². The van der Waals surface area contributed by atoms with Crippen molar-refractivity contribution in [3.63, 3.8) is 0 Å². The summed E-state index contributed by atoms with van der Waals surface area (Å²) in [6.07, 6.45) is 5.30. The zero-order valence-corrected chi connectivity index (χ0v) is 14.8. The predicted octanol–water partition coefficient (Wildman–Crippen LogP) is 2.98. The first-order valence-electron chi connectivity index (χ1n) is 8.84. The minimum atomic E-state index is -0.405. The number of amides is 2. The third-order valence-corrected chi connectivity index (χ3v) is 6.44. The van der Waals surface area contributed by atoms with E-state index in [-0.39, 0.29) is 23.9 Å². The highest BCUT2D eigenvalue weighted by molar-refractivity contribution is 6.30. The lowest BCUT2D eigenvalue weighted by Crippen LogP contribution is -2.55. The van der Waals surface area contributed by atoms with Crippen molar-refractivity contribution >= 4 is 23.4 Å². The highest BCUT2D eigenvalue weighted by atomic mass is 35.5. The fourth-order valence-electron chi connectivity index (χ4n) is 4.62. The molecule has 0 spiro atoms. The van der Waals surface area contributed by atoms with E-state index in [4.69, 9.17) is 11.6 Å². The molecule has 24 heavy (non-hydrogen) atoms. The molecule has 4 nitrogen and oxygen atoms in total. The molecule has 2 bridgehead atoms. The number of benzene rings is 1. The highest BCUT2D eigenvalue weighted by Crippen LogP contribution is 2.47. The number of hydrogen-bond donors (Lipinski definition) is 0. The largest absolute Gasteiger partial charge is 0.344 e. The summed E-state index contributed by atoms with van der Waals surface area (Å²) in [5, 5.41) is 0.697. The maximum Gasteiger partial charge on any atom is 0.233 e. The number of fused-ring (bicyclic) bond motifs is 2. The van der Waals surface area contributed by atoms with Crippen molar-refractivity contribution in [2.75, 3.05) is 13.6 Å². The first kappa shape index (κ1) is 15.9. The van der Waals surface area contributed by atoms with Gasteiger partial charge in [-0.15, -0.1) is 0 Å². The van der Waals surface area contributed by atoms with E-state index in [1.807, 2.05) is 31.3 Å². The first-order valence-corrected chi connectivity index (χ1v) is 9.22. The van der Waals surface area contributed by atoms with Crippen LogP contribution in [0.2, 0.25) is 5.02 Å². The Kier molecular flexibility index (Phi) is 3.83. The molecule has 2 heterocycles. The van der Waals surface area contributed by atoms with Crippen LogP contribution in [0.25, 0.3) is 0 Å². The SMILES string of the molecule is CN1C[C@@H]2CC[C@H](CC1=O)N2C(=O)C1(c2ccc(Cl)cc2)CCC1. The molecule has 3 fully saturated rings. The molecule has 2 saturated heterocycles. The summed E-state index contributed by atoms with van der Waals surface area (Å²) in [6.45, 7) is 0.664. The third-order valence-electron chi connectivity index (χ3n) is 6.19. The lowest BCUT2D eigenvalue weighted by atomic mass is 9.63. The van der Waals surface area contributed by atoms with E-state index in [1.54, 1.807) is 4.90 Å². The van der Waals surface area contributed by atoms with E-state index in [2.05, 4.69) is 4.90 Å². The Hall–Kier alpha value is -1.55. The molecule has 5 heteroatoms. The molecule has 0 unspecified atom stereocenters. The van der Waals surface area contributed by atoms with Gasteiger partial charge in [-0.1, -0.05) is 30.2 Å². The van der Waals surface area contributed by atoms with Gasteiger partial charge >= 0.3 is 0 Å². The van der Waals surface area contributed by atoms with E-state index < -0.39 is 5.41 Å². The van der Waals surface area contributed by atoms with Crippen molar-refractivity contribution in [1.29, 1.82) is 0 Å². The number of likely N-dealkylation sites (N-methyl/N-ethyl adjacent to an activating group) is 1. The van der Waals surface area contributed by atoms with Crippen molar-refractivity contribution in [2.24, 2.45) is 0 Å². The van der Waals surface area contributed by atoms with E-state index in [9.17, 15) is 9.59 Å². The van der Waals surface area contributed by atoms with Crippen LogP contribution in [0.15, 0.2) is 24.3 Å². The average molecular weight is 347 g/mol. The van der Waals surface area contributed by atoms with E-state index in [0.29, 0.717) is 18.0 Å². The van der Waals surface area contributed by atoms with Crippen LogP contribution in [-0.4, -0.2) is 47.3 Å². The average Bonchev–Trinajstić information content (AvgIpc) is 2.84. The van der Waals surface area contributed by atoms with Gasteiger partial charge < -0.3 is 9.80 Å². The molecule has 2 atom stereocenters. The van der Waals surface area contributed by atoms with Crippen molar-refractivity contribution in [2.45, 2.75) is 56.0 Å². The van der Waals surface area contributed by atoms with Crippen LogP contribution in [0.3, 0.4) is 0 Å². The number of halogens is 1. The van der Waals surface area contributed by atoms with Gasteiger partial charge in [0, 0.05) is 37.1 Å². The van der Waals surface area contributed by atoms with Crippen molar-refractivity contribution < 1.29 is 9.59 Å². The zero-order valence-electron chi connectivity index (χ0n) is 14.0. The fraction of sp³-hybridized carbons (Fsp3) is 0.579. The van der Waals surface area contributed by atoms with Gasteiger partial charge in [-0.25, -0.2) is 0 Å². The van der Waals surface area contributed by atoms with Crippen LogP contribution in [0.1, 0.15) is 44.1 Å². The molecule has 2 amide bonds. The number of rotatable bonds is 2. The number of hydrogen-bond acceptors (Lipinski definition) is 2. The number of nitrogens with zero attached hydrogens (tertiary/aromatic N) is 2. The second-order valence-electron chi connectivity index (χ2n) is 7.52. The minimum absolute atomic E-state index is 0.0738. The van der Waals surface area contributed by atoms with Crippen LogP contribution >= 0.6 is 11.6 Å². The molecule has 1 aromatic rings. The Bertz CT molecular complexity index is 668. The molecule has 128 valence electrons. The lowest BCUT2D eigenvalue weighted by molar-refractivity contribution is -0.143. The van der Waals surface area contributed by atoms with Crippen LogP contribution in [0, 0.1) is 0 Å². The van der Waals surface area contributed by atoms with Crippen LogP contribution in [0.5, 0.6) is 0 Å². The lowest BCUT2D eigenvalue weighted by Gasteiger charge is -2.45. The van der Waals surface area contributed by atoms with Crippen LogP contribution in [0.4, 0.5) is 0 Å². The Morgan fingerprint density at radius 3 is 2.46 bits per heavy atom. The maximum absolute atomic E-state index is 13.6. The summed E-state index contributed by atoms with van der Waals surface area (Å²) in [5.74, 6) is 0.390. The Labute approximate surface area is 147 Å². The Morgan fingerprint density at radius 2 is 1.83 bits per heavy atom. The molecule has 4 rings (SSSR count). The smallest absolute Gasteiger partial charge is 0.233 e. The number of carbonyl (C=O) groups excluding carboxylic acids is 2. The van der Waals surface area contributed by atoms with Crippen LogP contribution < -0.4 is 0 Å². The van der Waals surface area contributed by atoms with Gasteiger partial charge in [-0.2, -0.15) is 0 Å². The number of carbonyl (C=O) groups is 2. The molecule has 0 aromatic heterocycles. The summed E-state index contributed by atoms with van der Waals surface area (Å²) in [5.41, 5.74) is 0.670. The van der Waals surface area contributed by atoms with E-state index >= 15 is 0 Å². The standard InChI is InChI=1S/C19H23ClN2O2/c1-21-12-16-8-7-15(11-17(21)23)22(16)18(24)19(9-2-10-19)13-3-5-14(20)6-4-13/h3-6,15-16H,2,7-12H2,1H3/t15-,16+/m1/s1. The van der Waals surface area contributed by atoms with Crippen molar-refractivity contribution in [1.82, 2.24) is 9.80 Å². The molecule has 2 aliphatic heterocycles. The summed E-state index contributed by atoms with van der Waals surface area (Å²) < 4.78 is 0. The molecule has 1 aliphatic carbocycles. The second-order valence-corrected chi connectivity index (χ2v) is 7.95. The highest BCUT2D eigenvalue weighted by Gasteiger charge is 2.52. The minimum Gasteiger partial charge on any atom is -0.344 e. The van der Waals surface area contributed by atoms with Gasteiger partial charge in [0.25, 0.3) is 0 Å². The maximum atomic E-state index is 13.6.